The molecule has 0 aliphatic heterocycles. The largest absolute Gasteiger partial charge is 0.511 e. The first-order valence-electron chi connectivity index (χ1n) is 6.89. The molecule has 114 valence electrons. The van der Waals surface area contributed by atoms with Gasteiger partial charge in [-0.25, -0.2) is 4.79 Å². The predicted octanol–water partition coefficient (Wildman–Crippen LogP) is 3.57. The van der Waals surface area contributed by atoms with Crippen molar-refractivity contribution in [1.29, 1.82) is 0 Å². The maximum atomic E-state index is 11.8. The fourth-order valence-corrected chi connectivity index (χ4v) is 1.63. The minimum Gasteiger partial charge on any atom is -0.511 e. The summed E-state index contributed by atoms with van der Waals surface area (Å²) in [4.78, 5) is 16.0. The Morgan fingerprint density at radius 3 is 2.48 bits per heavy atom. The molecule has 0 bridgehead atoms. The molecule has 0 aliphatic carbocycles. The van der Waals surface area contributed by atoms with Crippen LogP contribution in [-0.4, -0.2) is 31.0 Å². The van der Waals surface area contributed by atoms with Gasteiger partial charge in [-0.2, -0.15) is 0 Å². The number of aliphatic imine (C=N–C) groups is 1. The molecule has 5 heteroatoms. The van der Waals surface area contributed by atoms with Gasteiger partial charge in [-0.3, -0.25) is 4.99 Å². The Bertz CT molecular complexity index is 518. The van der Waals surface area contributed by atoms with E-state index < -0.39 is 5.97 Å². The Morgan fingerprint density at radius 1 is 1.29 bits per heavy atom. The lowest BCUT2D eigenvalue weighted by atomic mass is 10.1. The second-order valence-electron chi connectivity index (χ2n) is 4.29. The highest BCUT2D eigenvalue weighted by atomic mass is 16.5. The van der Waals surface area contributed by atoms with Crippen molar-refractivity contribution in [3.05, 3.63) is 35.6 Å². The molecule has 0 amide bonds. The van der Waals surface area contributed by atoms with Gasteiger partial charge >= 0.3 is 5.97 Å². The summed E-state index contributed by atoms with van der Waals surface area (Å²) in [5.41, 5.74) is 0.747. The molecular formula is C16H21NO4. The molecular weight excluding hydrogens is 270 g/mol. The van der Waals surface area contributed by atoms with Crippen molar-refractivity contribution in [2.75, 3.05) is 13.7 Å². The number of nitrogens with zero attached hydrogens (tertiary/aromatic N) is 1. The lowest BCUT2D eigenvalue weighted by Gasteiger charge is -2.05. The smallest absolute Gasteiger partial charge is 0.343 e. The fraction of sp³-hybridized carbons (Fsp3) is 0.375. The van der Waals surface area contributed by atoms with Crippen LogP contribution in [0, 0.1) is 0 Å². The average molecular weight is 291 g/mol. The van der Waals surface area contributed by atoms with Crippen molar-refractivity contribution in [3.8, 4) is 5.75 Å². The van der Waals surface area contributed by atoms with Crippen molar-refractivity contribution in [2.45, 2.75) is 26.7 Å². The van der Waals surface area contributed by atoms with E-state index in [-0.39, 0.29) is 17.9 Å². The lowest BCUT2D eigenvalue weighted by molar-refractivity contribution is -0.138. The van der Waals surface area contributed by atoms with Gasteiger partial charge in [0.25, 0.3) is 0 Å². The molecule has 21 heavy (non-hydrogen) atoms. The third-order valence-electron chi connectivity index (χ3n) is 2.71. The maximum absolute atomic E-state index is 11.8. The normalized spacial score (nSPS) is 12.1. The van der Waals surface area contributed by atoms with Crippen molar-refractivity contribution >= 4 is 17.9 Å². The second-order valence-corrected chi connectivity index (χ2v) is 4.29. The van der Waals surface area contributed by atoms with Crippen LogP contribution >= 0.6 is 0 Å². The van der Waals surface area contributed by atoms with Crippen molar-refractivity contribution < 1.29 is 19.4 Å². The number of benzene rings is 1. The SMILES string of the molecule is CCC/C(O)=C(/C=Nc1ccc(OC)cc1)C(=O)OCC. The summed E-state index contributed by atoms with van der Waals surface area (Å²) in [6.07, 6.45) is 2.47. The molecule has 0 saturated heterocycles. The zero-order chi connectivity index (χ0) is 15.7. The van der Waals surface area contributed by atoms with Gasteiger partial charge in [-0.1, -0.05) is 6.92 Å². The number of carbonyl (C=O) groups excluding carboxylic acids is 1. The minimum atomic E-state index is -0.569. The quantitative estimate of drug-likeness (QED) is 0.361. The number of ether oxygens (including phenoxy) is 2. The third-order valence-corrected chi connectivity index (χ3v) is 2.71. The highest BCUT2D eigenvalue weighted by molar-refractivity contribution is 6.10. The summed E-state index contributed by atoms with van der Waals surface area (Å²) in [6, 6.07) is 7.06. The van der Waals surface area contributed by atoms with Crippen molar-refractivity contribution in [1.82, 2.24) is 0 Å². The van der Waals surface area contributed by atoms with Crippen LogP contribution in [-0.2, 0) is 9.53 Å². The van der Waals surface area contributed by atoms with E-state index in [1.807, 2.05) is 6.92 Å². The number of allylic oxidation sites excluding steroid dienone is 1. The molecule has 0 spiro atoms. The van der Waals surface area contributed by atoms with Gasteiger partial charge in [0.05, 0.1) is 19.4 Å². The number of carbonyl (C=O) groups is 1. The molecule has 0 radical (unpaired) electrons. The third kappa shape index (κ3) is 5.30. The fourth-order valence-electron chi connectivity index (χ4n) is 1.63. The van der Waals surface area contributed by atoms with Crippen LogP contribution in [0.25, 0.3) is 0 Å². The van der Waals surface area contributed by atoms with Gasteiger partial charge in [0.15, 0.2) is 0 Å². The molecule has 0 saturated carbocycles. The Labute approximate surface area is 124 Å². The van der Waals surface area contributed by atoms with Gasteiger partial charge in [-0.05, 0) is 37.6 Å². The van der Waals surface area contributed by atoms with Crippen LogP contribution in [0.15, 0.2) is 40.6 Å². The van der Waals surface area contributed by atoms with Crippen LogP contribution in [0.4, 0.5) is 5.69 Å². The van der Waals surface area contributed by atoms with Crippen LogP contribution < -0.4 is 4.74 Å². The lowest BCUT2D eigenvalue weighted by Crippen LogP contribution is -2.11. The first-order chi connectivity index (χ1) is 10.1. The summed E-state index contributed by atoms with van der Waals surface area (Å²) >= 11 is 0. The summed E-state index contributed by atoms with van der Waals surface area (Å²) in [7, 11) is 1.59. The highest BCUT2D eigenvalue weighted by Gasteiger charge is 2.14. The van der Waals surface area contributed by atoms with E-state index in [0.717, 1.165) is 12.2 Å². The van der Waals surface area contributed by atoms with Crippen LogP contribution in [0.2, 0.25) is 0 Å². The van der Waals surface area contributed by atoms with E-state index in [9.17, 15) is 9.90 Å². The molecule has 5 nitrogen and oxygen atoms in total. The molecule has 1 rings (SSSR count). The second kappa shape index (κ2) is 8.79. The summed E-state index contributed by atoms with van der Waals surface area (Å²) in [5.74, 6) is 0.151. The van der Waals surface area contributed by atoms with Crippen molar-refractivity contribution in [2.24, 2.45) is 4.99 Å². The number of aliphatic hydroxyl groups excluding tert-OH is 1. The first kappa shape index (κ1) is 16.8. The van der Waals surface area contributed by atoms with Gasteiger partial charge < -0.3 is 14.6 Å². The van der Waals surface area contributed by atoms with E-state index in [1.165, 1.54) is 6.21 Å². The van der Waals surface area contributed by atoms with E-state index in [4.69, 9.17) is 9.47 Å². The Hall–Kier alpha value is -2.30. The Morgan fingerprint density at radius 2 is 1.95 bits per heavy atom. The van der Waals surface area contributed by atoms with Crippen LogP contribution in [0.1, 0.15) is 26.7 Å². The summed E-state index contributed by atoms with van der Waals surface area (Å²) < 4.78 is 9.99. The van der Waals surface area contributed by atoms with Gasteiger partial charge in [0.1, 0.15) is 17.1 Å². The number of aliphatic hydroxyl groups is 1. The number of esters is 1. The molecule has 0 fully saturated rings. The summed E-state index contributed by atoms with van der Waals surface area (Å²) in [6.45, 7) is 3.88. The highest BCUT2D eigenvalue weighted by Crippen LogP contribution is 2.18. The van der Waals surface area contributed by atoms with Gasteiger partial charge in [-0.15, -0.1) is 0 Å². The number of hydrogen-bond donors (Lipinski definition) is 1. The topological polar surface area (TPSA) is 68.1 Å². The molecule has 1 aromatic carbocycles. The zero-order valence-electron chi connectivity index (χ0n) is 12.6. The zero-order valence-corrected chi connectivity index (χ0v) is 12.6. The molecule has 1 N–H and O–H groups in total. The van der Waals surface area contributed by atoms with E-state index >= 15 is 0 Å². The number of methoxy groups -OCH3 is 1. The Balaban J connectivity index is 2.96. The number of hydrogen-bond acceptors (Lipinski definition) is 5. The van der Waals surface area contributed by atoms with Crippen LogP contribution in [0.3, 0.4) is 0 Å². The average Bonchev–Trinajstić information content (AvgIpc) is 2.48. The minimum absolute atomic E-state index is 0.00629. The van der Waals surface area contributed by atoms with Gasteiger partial charge in [0, 0.05) is 12.6 Å². The van der Waals surface area contributed by atoms with E-state index in [0.29, 0.717) is 12.1 Å². The maximum Gasteiger partial charge on any atom is 0.343 e. The van der Waals surface area contributed by atoms with Crippen LogP contribution in [0.5, 0.6) is 5.75 Å². The molecule has 0 atom stereocenters. The molecule has 1 aromatic rings. The summed E-state index contributed by atoms with van der Waals surface area (Å²) in [5, 5.41) is 9.93. The molecule has 0 heterocycles. The monoisotopic (exact) mass is 291 g/mol. The molecule has 0 aliphatic rings. The van der Waals surface area contributed by atoms with E-state index in [1.54, 1.807) is 38.3 Å². The first-order valence-corrected chi connectivity index (χ1v) is 6.89. The van der Waals surface area contributed by atoms with E-state index in [2.05, 4.69) is 4.99 Å². The molecule has 0 aromatic heterocycles. The Kier molecular flexibility index (Phi) is 7.01. The number of rotatable bonds is 7. The van der Waals surface area contributed by atoms with Crippen molar-refractivity contribution in [3.63, 3.8) is 0 Å². The standard InChI is InChI=1S/C16H21NO4/c1-4-6-15(18)14(16(19)21-5-2)11-17-12-7-9-13(20-3)10-8-12/h7-11,18H,4-6H2,1-3H3/b15-14+,17-11?. The van der Waals surface area contributed by atoms with Gasteiger partial charge in [0.2, 0.25) is 0 Å². The predicted molar refractivity (Wildman–Crippen MR) is 82.3 cm³/mol. The molecule has 0 unspecified atom stereocenters.